The molecule has 0 bridgehead atoms. The van der Waals surface area contributed by atoms with Gasteiger partial charge < -0.3 is 10.0 Å². The third-order valence-corrected chi connectivity index (χ3v) is 2.88. The van der Waals surface area contributed by atoms with E-state index in [0.29, 0.717) is 19.4 Å². The minimum atomic E-state index is -0.775. The smallest absolute Gasteiger partial charge is 0.308 e. The summed E-state index contributed by atoms with van der Waals surface area (Å²) in [5.41, 5.74) is 0. The molecule has 1 unspecified atom stereocenters. The lowest BCUT2D eigenvalue weighted by Crippen LogP contribution is -2.42. The molecule has 0 saturated carbocycles. The maximum absolute atomic E-state index is 11.5. The number of carbonyl (C=O) groups excluding carboxylic acids is 1. The lowest BCUT2D eigenvalue weighted by atomic mass is 9.97. The van der Waals surface area contributed by atoms with E-state index in [1.165, 1.54) is 0 Å². The molecule has 1 N–H and O–H groups in total. The second-order valence-corrected chi connectivity index (χ2v) is 4.12. The summed E-state index contributed by atoms with van der Waals surface area (Å²) in [6, 6.07) is 0. The highest BCUT2D eigenvalue weighted by Gasteiger charge is 2.29. The number of piperidine rings is 1. The zero-order valence-corrected chi connectivity index (χ0v) is 9.24. The van der Waals surface area contributed by atoms with Crippen LogP contribution in [-0.2, 0) is 9.59 Å². The van der Waals surface area contributed by atoms with Gasteiger partial charge in [-0.1, -0.05) is 19.8 Å². The Morgan fingerprint density at radius 2 is 2.27 bits per heavy atom. The highest BCUT2D eigenvalue weighted by Crippen LogP contribution is 2.18. The highest BCUT2D eigenvalue weighted by molar-refractivity contribution is 5.80. The molecule has 0 aromatic heterocycles. The Bertz CT molecular complexity index is 240. The normalized spacial score (nSPS) is 21.8. The first-order valence-electron chi connectivity index (χ1n) is 5.65. The average Bonchev–Trinajstić information content (AvgIpc) is 2.20. The molecular formula is C11H19NO3. The summed E-state index contributed by atoms with van der Waals surface area (Å²) in [5, 5.41) is 8.88. The molecule has 1 aliphatic heterocycles. The molecule has 1 fully saturated rings. The van der Waals surface area contributed by atoms with Gasteiger partial charge in [-0.3, -0.25) is 9.59 Å². The molecule has 1 rings (SSSR count). The van der Waals surface area contributed by atoms with Crippen molar-refractivity contribution in [2.75, 3.05) is 13.1 Å². The van der Waals surface area contributed by atoms with Gasteiger partial charge in [-0.05, 0) is 12.8 Å². The zero-order valence-electron chi connectivity index (χ0n) is 9.24. The van der Waals surface area contributed by atoms with Gasteiger partial charge in [-0.25, -0.2) is 0 Å². The summed E-state index contributed by atoms with van der Waals surface area (Å²) in [5.74, 6) is -1.02. The number of unbranched alkanes of at least 4 members (excludes halogenated alkanes) is 2. The molecule has 15 heavy (non-hydrogen) atoms. The molecule has 1 atom stereocenters. The van der Waals surface area contributed by atoms with Gasteiger partial charge in [0.25, 0.3) is 0 Å². The van der Waals surface area contributed by atoms with E-state index < -0.39 is 5.97 Å². The Hall–Kier alpha value is -1.06. The van der Waals surface area contributed by atoms with E-state index in [2.05, 4.69) is 6.92 Å². The number of likely N-dealkylation sites (tertiary alicyclic amines) is 1. The van der Waals surface area contributed by atoms with Crippen LogP contribution in [0, 0.1) is 5.92 Å². The largest absolute Gasteiger partial charge is 0.481 e. The minimum absolute atomic E-state index is 0.114. The quantitative estimate of drug-likeness (QED) is 0.704. The molecule has 0 aromatic rings. The fourth-order valence-electron chi connectivity index (χ4n) is 1.89. The van der Waals surface area contributed by atoms with Crippen LogP contribution in [0.2, 0.25) is 0 Å². The molecule has 4 nitrogen and oxygen atoms in total. The predicted octanol–water partition coefficient (Wildman–Crippen LogP) is 1.50. The van der Waals surface area contributed by atoms with Crippen LogP contribution < -0.4 is 0 Å². The standard InChI is InChI=1S/C11H19NO3/c1-2-3-4-7-12-8-9(11(14)15)5-6-10(12)13/h9H,2-8H2,1H3,(H,14,15). The van der Waals surface area contributed by atoms with E-state index in [1.807, 2.05) is 0 Å². The number of amides is 1. The number of nitrogens with zero attached hydrogens (tertiary/aromatic N) is 1. The number of hydrogen-bond donors (Lipinski definition) is 1. The maximum atomic E-state index is 11.5. The first kappa shape index (κ1) is 12.0. The summed E-state index contributed by atoms with van der Waals surface area (Å²) < 4.78 is 0. The number of carboxylic acid groups (broad SMARTS) is 1. The van der Waals surface area contributed by atoms with Crippen molar-refractivity contribution >= 4 is 11.9 Å². The molecule has 1 amide bonds. The van der Waals surface area contributed by atoms with E-state index in [9.17, 15) is 9.59 Å². The van der Waals surface area contributed by atoms with E-state index >= 15 is 0 Å². The van der Waals surface area contributed by atoms with Crippen molar-refractivity contribution in [2.24, 2.45) is 5.92 Å². The van der Waals surface area contributed by atoms with E-state index in [1.54, 1.807) is 4.90 Å². The van der Waals surface area contributed by atoms with Crippen molar-refractivity contribution in [2.45, 2.75) is 39.0 Å². The SMILES string of the molecule is CCCCCN1CC(C(=O)O)CCC1=O. The fraction of sp³-hybridized carbons (Fsp3) is 0.818. The van der Waals surface area contributed by atoms with E-state index in [0.717, 1.165) is 25.8 Å². The molecule has 4 heteroatoms. The zero-order chi connectivity index (χ0) is 11.3. The summed E-state index contributed by atoms with van der Waals surface area (Å²) in [6.07, 6.45) is 4.09. The Morgan fingerprint density at radius 3 is 2.87 bits per heavy atom. The lowest BCUT2D eigenvalue weighted by Gasteiger charge is -2.30. The number of rotatable bonds is 5. The monoisotopic (exact) mass is 213 g/mol. The molecule has 0 radical (unpaired) electrons. The van der Waals surface area contributed by atoms with Crippen molar-refractivity contribution in [3.63, 3.8) is 0 Å². The van der Waals surface area contributed by atoms with E-state index in [4.69, 9.17) is 5.11 Å². The maximum Gasteiger partial charge on any atom is 0.308 e. The van der Waals surface area contributed by atoms with Crippen LogP contribution in [0.3, 0.4) is 0 Å². The third kappa shape index (κ3) is 3.53. The van der Waals surface area contributed by atoms with Gasteiger partial charge in [-0.15, -0.1) is 0 Å². The average molecular weight is 213 g/mol. The van der Waals surface area contributed by atoms with Crippen LogP contribution in [0.15, 0.2) is 0 Å². The lowest BCUT2D eigenvalue weighted by molar-refractivity contribution is -0.147. The Morgan fingerprint density at radius 1 is 1.53 bits per heavy atom. The molecular weight excluding hydrogens is 194 g/mol. The first-order chi connectivity index (χ1) is 7.15. The van der Waals surface area contributed by atoms with Gasteiger partial charge in [0.15, 0.2) is 0 Å². The van der Waals surface area contributed by atoms with Gasteiger partial charge in [0.1, 0.15) is 0 Å². The van der Waals surface area contributed by atoms with Gasteiger partial charge in [0, 0.05) is 19.5 Å². The molecule has 0 aromatic carbocycles. The molecule has 0 aliphatic carbocycles. The molecule has 86 valence electrons. The van der Waals surface area contributed by atoms with Crippen molar-refractivity contribution in [3.8, 4) is 0 Å². The summed E-state index contributed by atoms with van der Waals surface area (Å²) in [7, 11) is 0. The van der Waals surface area contributed by atoms with Gasteiger partial charge in [0.05, 0.1) is 5.92 Å². The van der Waals surface area contributed by atoms with Gasteiger partial charge in [-0.2, -0.15) is 0 Å². The van der Waals surface area contributed by atoms with Crippen LogP contribution >= 0.6 is 0 Å². The Kier molecular flexibility index (Phi) is 4.59. The van der Waals surface area contributed by atoms with Crippen LogP contribution in [-0.4, -0.2) is 35.0 Å². The van der Waals surface area contributed by atoms with Crippen LogP contribution in [0.25, 0.3) is 0 Å². The number of aliphatic carboxylic acids is 1. The second-order valence-electron chi connectivity index (χ2n) is 4.12. The Labute approximate surface area is 90.3 Å². The fourth-order valence-corrected chi connectivity index (χ4v) is 1.89. The van der Waals surface area contributed by atoms with Crippen molar-refractivity contribution in [1.82, 2.24) is 4.90 Å². The van der Waals surface area contributed by atoms with E-state index in [-0.39, 0.29) is 11.8 Å². The number of hydrogen-bond acceptors (Lipinski definition) is 2. The van der Waals surface area contributed by atoms with Gasteiger partial charge in [0.2, 0.25) is 5.91 Å². The minimum Gasteiger partial charge on any atom is -0.481 e. The second kappa shape index (κ2) is 5.73. The van der Waals surface area contributed by atoms with Crippen LogP contribution in [0.5, 0.6) is 0 Å². The third-order valence-electron chi connectivity index (χ3n) is 2.88. The highest BCUT2D eigenvalue weighted by atomic mass is 16.4. The number of carbonyl (C=O) groups is 2. The Balaban J connectivity index is 2.39. The van der Waals surface area contributed by atoms with Crippen molar-refractivity contribution in [3.05, 3.63) is 0 Å². The molecule has 1 saturated heterocycles. The van der Waals surface area contributed by atoms with Crippen molar-refractivity contribution < 1.29 is 14.7 Å². The topological polar surface area (TPSA) is 57.6 Å². The predicted molar refractivity (Wildman–Crippen MR) is 56.5 cm³/mol. The van der Waals surface area contributed by atoms with Gasteiger partial charge >= 0.3 is 5.97 Å². The number of carboxylic acids is 1. The van der Waals surface area contributed by atoms with Crippen LogP contribution in [0.4, 0.5) is 0 Å². The summed E-state index contributed by atoms with van der Waals surface area (Å²) in [4.78, 5) is 24.0. The summed E-state index contributed by atoms with van der Waals surface area (Å²) in [6.45, 7) is 3.23. The molecule has 1 aliphatic rings. The summed E-state index contributed by atoms with van der Waals surface area (Å²) >= 11 is 0. The first-order valence-corrected chi connectivity index (χ1v) is 5.65. The van der Waals surface area contributed by atoms with Crippen LogP contribution in [0.1, 0.15) is 39.0 Å². The molecule has 0 spiro atoms. The van der Waals surface area contributed by atoms with Crippen molar-refractivity contribution in [1.29, 1.82) is 0 Å². The molecule has 1 heterocycles.